The fourth-order valence-electron chi connectivity index (χ4n) is 7.88. The van der Waals surface area contributed by atoms with E-state index in [0.717, 1.165) is 44.9 Å². The molecule has 0 aromatic heterocycles. The first-order valence-corrected chi connectivity index (χ1v) is 26.7. The molecule has 21 heteroatoms. The minimum Gasteiger partial charge on any atom is -0.481 e. The Bertz CT molecular complexity index is 1560. The molecule has 0 bridgehead atoms. The highest BCUT2D eigenvalue weighted by molar-refractivity contribution is 5.92. The van der Waals surface area contributed by atoms with Crippen LogP contribution in [0.2, 0.25) is 0 Å². The van der Waals surface area contributed by atoms with Gasteiger partial charge in [0.1, 0.15) is 30.6 Å². The van der Waals surface area contributed by atoms with Crippen LogP contribution < -0.4 is 22.1 Å². The zero-order valence-electron chi connectivity index (χ0n) is 43.8. The summed E-state index contributed by atoms with van der Waals surface area (Å²) in [5.41, 5.74) is 10.9. The van der Waals surface area contributed by atoms with E-state index < -0.39 is 65.9 Å². The van der Waals surface area contributed by atoms with E-state index in [4.69, 9.17) is 35.5 Å². The van der Waals surface area contributed by atoms with Gasteiger partial charge in [0, 0.05) is 70.6 Å². The second-order valence-corrected chi connectivity index (χ2v) is 18.9. The first kappa shape index (κ1) is 68.8. The maximum atomic E-state index is 12.9. The summed E-state index contributed by atoms with van der Waals surface area (Å²) in [7, 11) is 0. The summed E-state index contributed by atoms with van der Waals surface area (Å²) >= 11 is 0. The lowest BCUT2D eigenvalue weighted by Gasteiger charge is -2.21. The molecule has 0 aliphatic heterocycles. The molecule has 0 rings (SSSR count). The predicted octanol–water partition coefficient (Wildman–Crippen LogP) is 3.91. The van der Waals surface area contributed by atoms with Gasteiger partial charge >= 0.3 is 11.9 Å². The highest BCUT2D eigenvalue weighted by Crippen LogP contribution is 2.22. The lowest BCUT2D eigenvalue weighted by Crippen LogP contribution is -2.38. The average Bonchev–Trinajstić information content (AvgIpc) is 3.34. The number of nitrogens with two attached hydrogens (primary N) is 2. The van der Waals surface area contributed by atoms with Gasteiger partial charge in [-0.2, -0.15) is 0 Å². The van der Waals surface area contributed by atoms with Crippen molar-refractivity contribution in [2.45, 2.75) is 186 Å². The van der Waals surface area contributed by atoms with Crippen molar-refractivity contribution in [1.29, 1.82) is 0 Å². The largest absolute Gasteiger partial charge is 0.481 e. The van der Waals surface area contributed by atoms with E-state index in [-0.39, 0.29) is 134 Å². The maximum absolute atomic E-state index is 12.9. The number of amides is 3. The number of aliphatic hydroxyl groups is 2. The number of aliphatic carboxylic acids is 2. The van der Waals surface area contributed by atoms with E-state index in [0.29, 0.717) is 32.3 Å². The quantitative estimate of drug-likeness (QED) is 0.0400. The molecule has 0 heterocycles. The van der Waals surface area contributed by atoms with Crippen LogP contribution in [-0.2, 0) is 62.1 Å². The Hall–Kier alpha value is -4.25. The minimum atomic E-state index is -1.15. The van der Waals surface area contributed by atoms with Crippen molar-refractivity contribution in [3.8, 4) is 0 Å². The van der Waals surface area contributed by atoms with E-state index >= 15 is 0 Å². The Morgan fingerprint density at radius 1 is 0.493 bits per heavy atom. The molecule has 0 radical (unpaired) electrons. The number of ketones is 4. The summed E-state index contributed by atoms with van der Waals surface area (Å²) in [6, 6.07) is -1.14. The number of carbonyl (C=O) groups is 9. The minimum absolute atomic E-state index is 0.0585. The summed E-state index contributed by atoms with van der Waals surface area (Å²) in [5, 5.41) is 42.7. The zero-order valence-corrected chi connectivity index (χ0v) is 43.8. The Balaban J connectivity index is 3.88. The van der Waals surface area contributed by atoms with E-state index in [1.54, 1.807) is 0 Å². The Morgan fingerprint density at radius 3 is 1.49 bits per heavy atom. The van der Waals surface area contributed by atoms with Crippen LogP contribution in [0, 0.1) is 17.8 Å². The number of carboxylic acids is 2. The molecular formula is C52H92N4O17. The number of unbranched alkanes of at least 4 members (excludes halogenated alkanes) is 14. The van der Waals surface area contributed by atoms with Gasteiger partial charge in [0.2, 0.25) is 17.7 Å². The fraction of sp³-hybridized carbons (Fsp3) is 0.827. The summed E-state index contributed by atoms with van der Waals surface area (Å²) in [5.74, 6) is -7.19. The number of aliphatic hydroxyl groups excluding tert-OH is 2. The third kappa shape index (κ3) is 41.8. The smallest absolute Gasteiger partial charge is 0.306 e. The molecule has 73 heavy (non-hydrogen) atoms. The summed E-state index contributed by atoms with van der Waals surface area (Å²) < 4.78 is 21.5. The predicted molar refractivity (Wildman–Crippen MR) is 271 cm³/mol. The van der Waals surface area contributed by atoms with Crippen molar-refractivity contribution in [2.24, 2.45) is 29.2 Å². The van der Waals surface area contributed by atoms with E-state index in [1.807, 2.05) is 0 Å². The van der Waals surface area contributed by atoms with E-state index in [2.05, 4.69) is 10.6 Å². The number of Topliss-reactive ketones (excluding diaryl/α,β-unsaturated/α-hetero) is 4. The normalized spacial score (nSPS) is 13.4. The van der Waals surface area contributed by atoms with Crippen molar-refractivity contribution in [3.05, 3.63) is 0 Å². The van der Waals surface area contributed by atoms with Crippen LogP contribution in [0.15, 0.2) is 0 Å². The number of carbonyl (C=O) groups excluding carboxylic acids is 7. The number of rotatable bonds is 54. The lowest BCUT2D eigenvalue weighted by molar-refractivity contribution is -0.144. The zero-order chi connectivity index (χ0) is 54.5. The van der Waals surface area contributed by atoms with Crippen LogP contribution in [0.1, 0.15) is 174 Å². The van der Waals surface area contributed by atoms with Crippen molar-refractivity contribution in [1.82, 2.24) is 10.6 Å². The number of carboxylic acid groups (broad SMARTS) is 2. The summed E-state index contributed by atoms with van der Waals surface area (Å²) in [6.45, 7) is 2.06. The van der Waals surface area contributed by atoms with E-state index in [9.17, 15) is 58.5 Å². The van der Waals surface area contributed by atoms with Gasteiger partial charge in [-0.25, -0.2) is 0 Å². The van der Waals surface area contributed by atoms with Crippen molar-refractivity contribution < 1.29 is 82.5 Å². The topological polar surface area (TPSA) is 348 Å². The molecule has 0 fully saturated rings. The van der Waals surface area contributed by atoms with Crippen LogP contribution in [0.4, 0.5) is 0 Å². The second kappa shape index (κ2) is 46.3. The first-order chi connectivity index (χ1) is 35.0. The van der Waals surface area contributed by atoms with Crippen molar-refractivity contribution in [3.63, 3.8) is 0 Å². The van der Waals surface area contributed by atoms with Gasteiger partial charge in [-0.05, 0) is 45.4 Å². The molecule has 422 valence electrons. The first-order valence-electron chi connectivity index (χ1n) is 26.7. The number of hydrogen-bond donors (Lipinski definition) is 8. The van der Waals surface area contributed by atoms with Gasteiger partial charge in [-0.15, -0.1) is 0 Å². The van der Waals surface area contributed by atoms with Crippen molar-refractivity contribution in [2.75, 3.05) is 72.6 Å². The maximum Gasteiger partial charge on any atom is 0.306 e. The number of primary amides is 1. The molecule has 5 atom stereocenters. The Morgan fingerprint density at radius 2 is 0.986 bits per heavy atom. The molecule has 0 aliphatic rings. The number of hydrogen-bond acceptors (Lipinski definition) is 16. The molecule has 3 amide bonds. The molecule has 0 saturated carbocycles. The Labute approximate surface area is 432 Å². The van der Waals surface area contributed by atoms with Gasteiger partial charge in [-0.3, -0.25) is 43.2 Å². The van der Waals surface area contributed by atoms with Gasteiger partial charge in [0.05, 0.1) is 63.6 Å². The van der Waals surface area contributed by atoms with Gasteiger partial charge < -0.3 is 61.5 Å². The van der Waals surface area contributed by atoms with Crippen LogP contribution in [0.5, 0.6) is 0 Å². The second-order valence-electron chi connectivity index (χ2n) is 18.9. The average molecular weight is 1050 g/mol. The molecule has 0 unspecified atom stereocenters. The van der Waals surface area contributed by atoms with Gasteiger partial charge in [0.15, 0.2) is 5.78 Å². The Kier molecular flexibility index (Phi) is 43.6. The standard InChI is InChI=1S/C52H92N4O17/c1-39(58)44(51(54)67)35-46(61)40(34-47(62)45(53)36-57)19-16-17-25-55-48(63)37-73-32-30-71-28-26-56-49(64)38-72-31-29-70-27-18-21-42(59)24-23-41(52(68)69)33-43(60)20-14-12-10-8-6-4-2-3-5-7-9-11-13-15-22-50(65)66/h39-41,44-45,57-58H,2-38,53H2,1H3,(H2,54,67)(H,55,63)(H,56,64)(H,65,66)(H,68,69)/t39-,40-,41-,44+,45-/m1/s1. The lowest BCUT2D eigenvalue weighted by atomic mass is 9.84. The molecule has 0 spiro atoms. The van der Waals surface area contributed by atoms with Crippen LogP contribution >= 0.6 is 0 Å². The molecule has 0 aromatic rings. The number of nitrogens with one attached hydrogen (secondary N) is 2. The van der Waals surface area contributed by atoms with Gasteiger partial charge in [-0.1, -0.05) is 83.5 Å². The molecule has 0 aliphatic carbocycles. The SMILES string of the molecule is C[C@@H](O)[C@H](CC(=O)[C@H](CCCCNC(=O)COCCOCCNC(=O)COCCOCCCC(=O)CC[C@H](CC(=O)CCCCCCCCCCCCCCCCC(=O)O)C(=O)O)CC(=O)[C@H](N)CO)C(N)=O. The molecule has 0 saturated heterocycles. The molecular weight excluding hydrogens is 953 g/mol. The molecule has 21 nitrogen and oxygen atoms in total. The highest BCUT2D eigenvalue weighted by Gasteiger charge is 2.30. The van der Waals surface area contributed by atoms with Gasteiger partial charge in [0.25, 0.3) is 0 Å². The van der Waals surface area contributed by atoms with Crippen molar-refractivity contribution >= 4 is 52.8 Å². The number of ether oxygens (including phenoxy) is 4. The third-order valence-corrected chi connectivity index (χ3v) is 12.4. The summed E-state index contributed by atoms with van der Waals surface area (Å²) in [4.78, 5) is 108. The fourth-order valence-corrected chi connectivity index (χ4v) is 7.88. The van der Waals surface area contributed by atoms with Crippen LogP contribution in [0.25, 0.3) is 0 Å². The van der Waals surface area contributed by atoms with Crippen LogP contribution in [-0.4, -0.2) is 158 Å². The third-order valence-electron chi connectivity index (χ3n) is 12.4. The van der Waals surface area contributed by atoms with Crippen LogP contribution in [0.3, 0.4) is 0 Å². The summed E-state index contributed by atoms with van der Waals surface area (Å²) in [6.07, 6.45) is 16.1. The van der Waals surface area contributed by atoms with E-state index in [1.165, 1.54) is 51.9 Å². The molecule has 0 aromatic carbocycles. The monoisotopic (exact) mass is 1040 g/mol. The highest BCUT2D eigenvalue weighted by atomic mass is 16.5. The molecule has 10 N–H and O–H groups in total.